The van der Waals surface area contributed by atoms with Crippen molar-refractivity contribution < 1.29 is 9.18 Å². The molecule has 2 N–H and O–H groups in total. The second-order valence-corrected chi connectivity index (χ2v) is 8.64. The molecule has 2 aromatic heterocycles. The van der Waals surface area contributed by atoms with Gasteiger partial charge in [-0.15, -0.1) is 0 Å². The molecule has 3 heterocycles. The number of amides is 1. The van der Waals surface area contributed by atoms with E-state index >= 15 is 0 Å². The van der Waals surface area contributed by atoms with Crippen LogP contribution in [0.3, 0.4) is 0 Å². The first-order valence-electron chi connectivity index (χ1n) is 11.2. The van der Waals surface area contributed by atoms with Crippen LogP contribution >= 0.6 is 0 Å². The summed E-state index contributed by atoms with van der Waals surface area (Å²) in [6, 6.07) is 4.58. The molecule has 0 bridgehead atoms. The molecule has 0 radical (unpaired) electrons. The molecule has 9 nitrogen and oxygen atoms in total. The Labute approximate surface area is 190 Å². The monoisotopic (exact) mass is 451 g/mol. The van der Waals surface area contributed by atoms with Crippen LogP contribution in [-0.2, 0) is 0 Å². The lowest BCUT2D eigenvalue weighted by Crippen LogP contribution is -2.50. The van der Waals surface area contributed by atoms with E-state index in [9.17, 15) is 14.0 Å². The summed E-state index contributed by atoms with van der Waals surface area (Å²) in [7, 11) is 1.57. The van der Waals surface area contributed by atoms with E-state index in [4.69, 9.17) is 0 Å². The van der Waals surface area contributed by atoms with Crippen molar-refractivity contribution in [2.45, 2.75) is 31.2 Å². The molecule has 33 heavy (non-hydrogen) atoms. The lowest BCUT2D eigenvalue weighted by molar-refractivity contribution is 0.0957. The van der Waals surface area contributed by atoms with Gasteiger partial charge in [-0.05, 0) is 37.5 Å². The topological polar surface area (TPSA) is 107 Å². The predicted octanol–water partition coefficient (Wildman–Crippen LogP) is 1.67. The molecule has 2 unspecified atom stereocenters. The zero-order chi connectivity index (χ0) is 22.9. The summed E-state index contributed by atoms with van der Waals surface area (Å²) >= 11 is 0. The maximum Gasteiger partial charge on any atom is 0.271 e. The van der Waals surface area contributed by atoms with E-state index < -0.39 is 5.82 Å². The van der Waals surface area contributed by atoms with Gasteiger partial charge in [-0.25, -0.2) is 19.3 Å². The van der Waals surface area contributed by atoms with Crippen LogP contribution in [0.5, 0.6) is 0 Å². The quantitative estimate of drug-likeness (QED) is 0.621. The number of hydrogen-bond acceptors (Lipinski definition) is 7. The Bertz CT molecular complexity index is 1220. The second kappa shape index (κ2) is 8.86. The molecule has 1 amide bonds. The summed E-state index contributed by atoms with van der Waals surface area (Å²) in [5.74, 6) is 0.992. The van der Waals surface area contributed by atoms with E-state index in [0.717, 1.165) is 51.3 Å². The number of aromatic nitrogens is 4. The summed E-state index contributed by atoms with van der Waals surface area (Å²) in [6.07, 6.45) is 6.12. The van der Waals surface area contributed by atoms with E-state index in [0.29, 0.717) is 23.1 Å². The largest absolute Gasteiger partial charge is 0.354 e. The molecular weight excluding hydrogens is 425 g/mol. The molecule has 2 fully saturated rings. The van der Waals surface area contributed by atoms with Crippen molar-refractivity contribution in [1.29, 1.82) is 0 Å². The van der Waals surface area contributed by atoms with Crippen molar-refractivity contribution in [3.63, 3.8) is 0 Å². The molecule has 1 aromatic carbocycles. The standard InChI is InChI=1S/C23H26FN7O2/c1-25-23(33)19-12-27-20(13-26-19)31-8-6-30(7-9-31)16-4-2-14(10-16)21-28-18-5-3-15(24)11-17(18)22(32)29-21/h3,5,11-14,16H,2,4,6-10H2,1H3,(H,25,33)(H,28,29,32). The first-order valence-corrected chi connectivity index (χ1v) is 11.2. The van der Waals surface area contributed by atoms with Gasteiger partial charge in [-0.2, -0.15) is 0 Å². The van der Waals surface area contributed by atoms with Gasteiger partial charge >= 0.3 is 0 Å². The van der Waals surface area contributed by atoms with Crippen molar-refractivity contribution in [3.05, 3.63) is 58.3 Å². The maximum absolute atomic E-state index is 13.5. The molecule has 0 spiro atoms. The van der Waals surface area contributed by atoms with E-state index in [1.165, 1.54) is 18.3 Å². The number of halogens is 1. The lowest BCUT2D eigenvalue weighted by Gasteiger charge is -2.38. The highest BCUT2D eigenvalue weighted by atomic mass is 19.1. The molecule has 1 saturated carbocycles. The molecule has 5 rings (SSSR count). The van der Waals surface area contributed by atoms with Gasteiger partial charge in [0.2, 0.25) is 0 Å². The molecule has 2 aliphatic rings. The Morgan fingerprint density at radius 3 is 2.70 bits per heavy atom. The Morgan fingerprint density at radius 1 is 1.15 bits per heavy atom. The fraction of sp³-hybridized carbons (Fsp3) is 0.435. The number of piperazine rings is 1. The molecule has 172 valence electrons. The normalized spacial score (nSPS) is 21.5. The fourth-order valence-corrected chi connectivity index (χ4v) is 4.91. The third-order valence-corrected chi connectivity index (χ3v) is 6.73. The summed E-state index contributed by atoms with van der Waals surface area (Å²) in [6.45, 7) is 3.51. The lowest BCUT2D eigenvalue weighted by atomic mass is 10.1. The Balaban J connectivity index is 1.21. The van der Waals surface area contributed by atoms with Crippen LogP contribution in [0.4, 0.5) is 10.2 Å². The van der Waals surface area contributed by atoms with Crippen LogP contribution in [-0.4, -0.2) is 70.0 Å². The van der Waals surface area contributed by atoms with Crippen molar-refractivity contribution >= 4 is 22.6 Å². The highest BCUT2D eigenvalue weighted by Crippen LogP contribution is 2.36. The van der Waals surface area contributed by atoms with Crippen molar-refractivity contribution in [3.8, 4) is 0 Å². The van der Waals surface area contributed by atoms with Crippen LogP contribution in [0.1, 0.15) is 41.5 Å². The third-order valence-electron chi connectivity index (χ3n) is 6.73. The van der Waals surface area contributed by atoms with Gasteiger partial charge in [0.05, 0.1) is 23.3 Å². The van der Waals surface area contributed by atoms with Crippen molar-refractivity contribution in [2.24, 2.45) is 0 Å². The number of nitrogens with one attached hydrogen (secondary N) is 2. The van der Waals surface area contributed by atoms with Gasteiger partial charge in [-0.1, -0.05) is 0 Å². The second-order valence-electron chi connectivity index (χ2n) is 8.64. The number of carbonyl (C=O) groups is 1. The van der Waals surface area contributed by atoms with Crippen LogP contribution in [0.15, 0.2) is 35.4 Å². The first kappa shape index (κ1) is 21.4. The van der Waals surface area contributed by atoms with Gasteiger partial charge < -0.3 is 15.2 Å². The fourth-order valence-electron chi connectivity index (χ4n) is 4.91. The SMILES string of the molecule is CNC(=O)c1cnc(N2CCN(C3CCC(c4nc5ccc(F)cc5c(=O)[nH]4)C3)CC2)cn1. The Hall–Kier alpha value is -3.40. The van der Waals surface area contributed by atoms with Crippen LogP contribution in [0, 0.1) is 5.82 Å². The van der Waals surface area contributed by atoms with E-state index in [2.05, 4.69) is 35.1 Å². The van der Waals surface area contributed by atoms with Crippen LogP contribution in [0.2, 0.25) is 0 Å². The van der Waals surface area contributed by atoms with Crippen molar-refractivity contribution in [2.75, 3.05) is 38.1 Å². The summed E-state index contributed by atoms with van der Waals surface area (Å²) in [4.78, 5) is 44.9. The van der Waals surface area contributed by atoms with Gasteiger partial charge in [0, 0.05) is 45.2 Å². The molecule has 1 aliphatic carbocycles. The van der Waals surface area contributed by atoms with Gasteiger partial charge in [0.1, 0.15) is 23.2 Å². The number of hydrogen-bond donors (Lipinski definition) is 2. The number of aromatic amines is 1. The summed E-state index contributed by atoms with van der Waals surface area (Å²) in [5, 5.41) is 2.83. The number of benzene rings is 1. The van der Waals surface area contributed by atoms with E-state index in [-0.39, 0.29) is 22.8 Å². The predicted molar refractivity (Wildman–Crippen MR) is 122 cm³/mol. The minimum absolute atomic E-state index is 0.193. The number of carbonyl (C=O) groups excluding carboxylic acids is 1. The maximum atomic E-state index is 13.5. The average Bonchev–Trinajstić information content (AvgIpc) is 3.34. The highest BCUT2D eigenvalue weighted by Gasteiger charge is 2.33. The van der Waals surface area contributed by atoms with Crippen LogP contribution in [0.25, 0.3) is 10.9 Å². The minimum Gasteiger partial charge on any atom is -0.354 e. The van der Waals surface area contributed by atoms with Gasteiger partial charge in [0.15, 0.2) is 0 Å². The number of nitrogens with zero attached hydrogens (tertiary/aromatic N) is 5. The Morgan fingerprint density at radius 2 is 1.97 bits per heavy atom. The van der Waals surface area contributed by atoms with Gasteiger partial charge in [0.25, 0.3) is 11.5 Å². The van der Waals surface area contributed by atoms with E-state index in [1.54, 1.807) is 19.3 Å². The molecule has 1 saturated heterocycles. The molecule has 2 atom stereocenters. The van der Waals surface area contributed by atoms with Gasteiger partial charge in [-0.3, -0.25) is 14.5 Å². The van der Waals surface area contributed by atoms with Crippen LogP contribution < -0.4 is 15.8 Å². The number of fused-ring (bicyclic) bond motifs is 1. The van der Waals surface area contributed by atoms with Crippen molar-refractivity contribution in [1.82, 2.24) is 30.2 Å². The number of rotatable bonds is 4. The third kappa shape index (κ3) is 4.30. The highest BCUT2D eigenvalue weighted by molar-refractivity contribution is 5.91. The molecule has 1 aliphatic heterocycles. The van der Waals surface area contributed by atoms with E-state index in [1.807, 2.05) is 0 Å². The summed E-state index contributed by atoms with van der Waals surface area (Å²) < 4.78 is 13.5. The smallest absolute Gasteiger partial charge is 0.271 e. The first-order chi connectivity index (χ1) is 16.0. The number of H-pyrrole nitrogens is 1. The Kier molecular flexibility index (Phi) is 5.76. The molecule has 3 aromatic rings. The number of anilines is 1. The molecular formula is C23H26FN7O2. The zero-order valence-corrected chi connectivity index (χ0v) is 18.4. The summed E-state index contributed by atoms with van der Waals surface area (Å²) in [5.41, 5.74) is 0.563. The molecule has 10 heteroatoms. The average molecular weight is 452 g/mol. The zero-order valence-electron chi connectivity index (χ0n) is 18.4. The minimum atomic E-state index is -0.434.